The first kappa shape index (κ1) is 14.5. The topological polar surface area (TPSA) is 82.5 Å². The lowest BCUT2D eigenvalue weighted by Gasteiger charge is -2.32. The van der Waals surface area contributed by atoms with Gasteiger partial charge in [-0.1, -0.05) is 0 Å². The number of amides is 1. The van der Waals surface area contributed by atoms with Crippen LogP contribution in [0.3, 0.4) is 0 Å². The third kappa shape index (κ3) is 3.33. The number of carbonyl (C=O) groups excluding carboxylic acids is 1. The molecule has 0 spiro atoms. The molecule has 0 bridgehead atoms. The largest absolute Gasteiger partial charge is 0.477 e. The zero-order valence-electron chi connectivity index (χ0n) is 11.5. The molecule has 1 fully saturated rings. The molecule has 6 nitrogen and oxygen atoms in total. The van der Waals surface area contributed by atoms with E-state index in [-0.39, 0.29) is 11.6 Å². The number of piperidine rings is 1. The average Bonchev–Trinajstić information content (AvgIpc) is 2.47. The number of rotatable bonds is 4. The molecule has 1 aliphatic heterocycles. The highest BCUT2D eigenvalue weighted by molar-refractivity contribution is 5.95. The Hall–Kier alpha value is -1.95. The number of carboxylic acids is 1. The lowest BCUT2D eigenvalue weighted by Crippen LogP contribution is -2.42. The maximum Gasteiger partial charge on any atom is 0.354 e. The van der Waals surface area contributed by atoms with E-state index in [0.717, 1.165) is 32.5 Å². The van der Waals surface area contributed by atoms with E-state index in [1.807, 2.05) is 11.9 Å². The zero-order valence-corrected chi connectivity index (χ0v) is 11.5. The molecule has 1 saturated heterocycles. The van der Waals surface area contributed by atoms with Gasteiger partial charge in [-0.05, 0) is 44.5 Å². The van der Waals surface area contributed by atoms with Crippen molar-refractivity contribution in [3.63, 3.8) is 0 Å². The van der Waals surface area contributed by atoms with Crippen LogP contribution in [0.25, 0.3) is 0 Å². The molecule has 1 amide bonds. The molecule has 0 saturated carbocycles. The van der Waals surface area contributed by atoms with Gasteiger partial charge in [-0.25, -0.2) is 9.78 Å². The van der Waals surface area contributed by atoms with Gasteiger partial charge >= 0.3 is 5.97 Å². The van der Waals surface area contributed by atoms with Crippen LogP contribution in [0.15, 0.2) is 18.3 Å². The summed E-state index contributed by atoms with van der Waals surface area (Å²) in [5.74, 6) is -0.685. The molecule has 1 unspecified atom stereocenters. The monoisotopic (exact) mass is 277 g/mol. The van der Waals surface area contributed by atoms with Crippen LogP contribution in [0.5, 0.6) is 0 Å². The number of carbonyl (C=O) groups is 2. The third-order valence-electron chi connectivity index (χ3n) is 3.53. The maximum absolute atomic E-state index is 12.3. The van der Waals surface area contributed by atoms with Crippen LogP contribution in [0.1, 0.15) is 33.7 Å². The molecule has 1 atom stereocenters. The summed E-state index contributed by atoms with van der Waals surface area (Å²) in [4.78, 5) is 28.7. The fourth-order valence-electron chi connectivity index (χ4n) is 2.53. The Morgan fingerprint density at radius 1 is 1.50 bits per heavy atom. The summed E-state index contributed by atoms with van der Waals surface area (Å²) in [6, 6.07) is 2.89. The quantitative estimate of drug-likeness (QED) is 0.852. The minimum Gasteiger partial charge on any atom is -0.477 e. The van der Waals surface area contributed by atoms with Crippen LogP contribution in [0.4, 0.5) is 0 Å². The number of nitrogens with zero attached hydrogens (tertiary/aromatic N) is 2. The number of likely N-dealkylation sites (tertiary alicyclic amines) is 1. The zero-order chi connectivity index (χ0) is 14.5. The molecular formula is C14H19N3O3. The highest BCUT2D eigenvalue weighted by Gasteiger charge is 2.24. The minimum absolute atomic E-state index is 0.0479. The molecule has 2 N–H and O–H groups in total. The molecule has 1 aliphatic rings. The van der Waals surface area contributed by atoms with Gasteiger partial charge in [0.15, 0.2) is 0 Å². The Bertz CT molecular complexity index is 485. The Morgan fingerprint density at radius 2 is 2.30 bits per heavy atom. The van der Waals surface area contributed by atoms with Gasteiger partial charge in [0.25, 0.3) is 5.91 Å². The van der Waals surface area contributed by atoms with Crippen LogP contribution in [-0.4, -0.2) is 53.5 Å². The van der Waals surface area contributed by atoms with Gasteiger partial charge in [0, 0.05) is 19.3 Å². The lowest BCUT2D eigenvalue weighted by atomic mass is 9.97. The van der Waals surface area contributed by atoms with Gasteiger partial charge in [-0.3, -0.25) is 4.79 Å². The van der Waals surface area contributed by atoms with E-state index in [2.05, 4.69) is 10.3 Å². The fourth-order valence-corrected chi connectivity index (χ4v) is 2.53. The number of hydrogen-bond acceptors (Lipinski definition) is 4. The predicted molar refractivity (Wildman–Crippen MR) is 73.8 cm³/mol. The number of pyridine rings is 1. The van der Waals surface area contributed by atoms with E-state index in [0.29, 0.717) is 11.5 Å². The van der Waals surface area contributed by atoms with Crippen molar-refractivity contribution in [2.75, 3.05) is 26.7 Å². The van der Waals surface area contributed by atoms with Crippen LogP contribution >= 0.6 is 0 Å². The summed E-state index contributed by atoms with van der Waals surface area (Å²) in [6.45, 7) is 2.39. The fraction of sp³-hybridized carbons (Fsp3) is 0.500. The second-order valence-corrected chi connectivity index (χ2v) is 5.05. The third-order valence-corrected chi connectivity index (χ3v) is 3.53. The molecular weight excluding hydrogens is 258 g/mol. The maximum atomic E-state index is 12.3. The van der Waals surface area contributed by atoms with Crippen molar-refractivity contribution in [2.24, 2.45) is 5.92 Å². The molecule has 0 radical (unpaired) electrons. The lowest BCUT2D eigenvalue weighted by molar-refractivity contribution is 0.0665. The highest BCUT2D eigenvalue weighted by Crippen LogP contribution is 2.18. The van der Waals surface area contributed by atoms with E-state index in [9.17, 15) is 9.59 Å². The Labute approximate surface area is 117 Å². The van der Waals surface area contributed by atoms with E-state index in [1.165, 1.54) is 18.3 Å². The van der Waals surface area contributed by atoms with Crippen LogP contribution in [-0.2, 0) is 0 Å². The van der Waals surface area contributed by atoms with Crippen molar-refractivity contribution in [1.29, 1.82) is 0 Å². The summed E-state index contributed by atoms with van der Waals surface area (Å²) in [5, 5.41) is 11.9. The van der Waals surface area contributed by atoms with Crippen molar-refractivity contribution < 1.29 is 14.7 Å². The average molecular weight is 277 g/mol. The Balaban J connectivity index is 2.04. The van der Waals surface area contributed by atoms with Gasteiger partial charge in [0.05, 0.1) is 5.56 Å². The van der Waals surface area contributed by atoms with Crippen molar-refractivity contribution in [2.45, 2.75) is 12.8 Å². The Morgan fingerprint density at radius 3 is 2.90 bits per heavy atom. The molecule has 0 aliphatic carbocycles. The van der Waals surface area contributed by atoms with E-state index < -0.39 is 5.97 Å². The molecule has 1 aromatic heterocycles. The molecule has 20 heavy (non-hydrogen) atoms. The first-order valence-electron chi connectivity index (χ1n) is 6.75. The second-order valence-electron chi connectivity index (χ2n) is 5.05. The van der Waals surface area contributed by atoms with Gasteiger partial charge in [-0.2, -0.15) is 0 Å². The summed E-state index contributed by atoms with van der Waals surface area (Å²) >= 11 is 0. The predicted octanol–water partition coefficient (Wildman–Crippen LogP) is 0.851. The molecule has 2 heterocycles. The van der Waals surface area contributed by atoms with Crippen molar-refractivity contribution >= 4 is 11.9 Å². The second kappa shape index (κ2) is 6.47. The SMILES string of the molecule is CNCC1CCCN(C(=O)c2ccc(C(=O)O)nc2)C1. The van der Waals surface area contributed by atoms with E-state index in [4.69, 9.17) is 5.11 Å². The normalized spacial score (nSPS) is 18.9. The summed E-state index contributed by atoms with van der Waals surface area (Å²) in [6.07, 6.45) is 3.47. The van der Waals surface area contributed by atoms with Crippen LogP contribution in [0, 0.1) is 5.92 Å². The van der Waals surface area contributed by atoms with Gasteiger partial charge in [-0.15, -0.1) is 0 Å². The smallest absolute Gasteiger partial charge is 0.354 e. The summed E-state index contributed by atoms with van der Waals surface area (Å²) in [7, 11) is 1.91. The molecule has 108 valence electrons. The van der Waals surface area contributed by atoms with Gasteiger partial charge in [0.2, 0.25) is 0 Å². The molecule has 2 rings (SSSR count). The van der Waals surface area contributed by atoms with Crippen LogP contribution < -0.4 is 5.32 Å². The number of nitrogens with one attached hydrogen (secondary N) is 1. The molecule has 1 aromatic rings. The molecule has 6 heteroatoms. The van der Waals surface area contributed by atoms with Crippen molar-refractivity contribution in [3.8, 4) is 0 Å². The number of aromatic nitrogens is 1. The van der Waals surface area contributed by atoms with E-state index in [1.54, 1.807) is 0 Å². The molecule has 0 aromatic carbocycles. The summed E-state index contributed by atoms with van der Waals surface area (Å²) < 4.78 is 0. The number of carboxylic acid groups (broad SMARTS) is 1. The highest BCUT2D eigenvalue weighted by atomic mass is 16.4. The number of aromatic carboxylic acids is 1. The standard InChI is InChI=1S/C14H19N3O3/c1-15-7-10-3-2-6-17(9-10)13(18)11-4-5-12(14(19)20)16-8-11/h4-5,8,10,15H,2-3,6-7,9H2,1H3,(H,19,20). The first-order chi connectivity index (χ1) is 9.61. The van der Waals surface area contributed by atoms with Crippen LogP contribution in [0.2, 0.25) is 0 Å². The summed E-state index contributed by atoms with van der Waals surface area (Å²) in [5.41, 5.74) is 0.397. The van der Waals surface area contributed by atoms with Crippen molar-refractivity contribution in [3.05, 3.63) is 29.6 Å². The number of hydrogen-bond donors (Lipinski definition) is 2. The minimum atomic E-state index is -1.09. The Kier molecular flexibility index (Phi) is 4.68. The van der Waals surface area contributed by atoms with Crippen molar-refractivity contribution in [1.82, 2.24) is 15.2 Å². The van der Waals surface area contributed by atoms with Gasteiger partial charge < -0.3 is 15.3 Å². The van der Waals surface area contributed by atoms with E-state index >= 15 is 0 Å². The first-order valence-corrected chi connectivity index (χ1v) is 6.75. The van der Waals surface area contributed by atoms with Gasteiger partial charge in [0.1, 0.15) is 5.69 Å².